The highest BCUT2D eigenvalue weighted by molar-refractivity contribution is 5.07. The number of quaternary nitrogens is 1. The van der Waals surface area contributed by atoms with Crippen LogP contribution in [0, 0.1) is 0 Å². The molecule has 0 unspecified atom stereocenters. The van der Waals surface area contributed by atoms with Crippen molar-refractivity contribution in [3.8, 4) is 0 Å². The van der Waals surface area contributed by atoms with Crippen LogP contribution in [0.1, 0.15) is 12.0 Å². The first-order chi connectivity index (χ1) is 5.93. The third-order valence-electron chi connectivity index (χ3n) is 1.70. The molecular weight excluding hydrogens is 152 g/mol. The summed E-state index contributed by atoms with van der Waals surface area (Å²) in [6, 6.07) is 4.02. The molecule has 0 radical (unpaired) electrons. The fourth-order valence-corrected chi connectivity index (χ4v) is 1.02. The Labute approximate surface area is 72.5 Å². The molecule has 0 aliphatic heterocycles. The Balaban J connectivity index is 2.16. The van der Waals surface area contributed by atoms with E-state index in [9.17, 15) is 0 Å². The molecule has 0 aromatic carbocycles. The van der Waals surface area contributed by atoms with Crippen LogP contribution in [-0.4, -0.2) is 23.2 Å². The summed E-state index contributed by atoms with van der Waals surface area (Å²) in [6.07, 6.45) is 4.47. The summed E-state index contributed by atoms with van der Waals surface area (Å²) in [4.78, 5) is 3.94. The van der Waals surface area contributed by atoms with E-state index in [0.717, 1.165) is 19.5 Å². The van der Waals surface area contributed by atoms with Crippen molar-refractivity contribution in [2.75, 3.05) is 13.2 Å². The van der Waals surface area contributed by atoms with Gasteiger partial charge in [-0.25, -0.2) is 0 Å². The molecule has 0 bridgehead atoms. The second-order valence-electron chi connectivity index (χ2n) is 2.71. The minimum Gasteiger partial charge on any atom is -0.396 e. The van der Waals surface area contributed by atoms with Crippen LogP contribution in [-0.2, 0) is 6.54 Å². The molecule has 12 heavy (non-hydrogen) atoms. The van der Waals surface area contributed by atoms with Crippen molar-refractivity contribution < 1.29 is 10.4 Å². The Morgan fingerprint density at radius 3 is 2.75 bits per heavy atom. The quantitative estimate of drug-likeness (QED) is 0.582. The number of hydrogen-bond acceptors (Lipinski definition) is 2. The highest BCUT2D eigenvalue weighted by atomic mass is 16.3. The Morgan fingerprint density at radius 1 is 1.33 bits per heavy atom. The molecule has 1 aromatic rings. The summed E-state index contributed by atoms with van der Waals surface area (Å²) in [7, 11) is 0. The molecule has 0 aliphatic carbocycles. The molecule has 0 spiro atoms. The van der Waals surface area contributed by atoms with E-state index in [0.29, 0.717) is 0 Å². The zero-order valence-electron chi connectivity index (χ0n) is 7.11. The summed E-state index contributed by atoms with van der Waals surface area (Å²) in [5.74, 6) is 0. The van der Waals surface area contributed by atoms with Crippen LogP contribution in [0.2, 0.25) is 0 Å². The number of aliphatic hydroxyl groups excluding tert-OH is 1. The van der Waals surface area contributed by atoms with Crippen molar-refractivity contribution in [3.63, 3.8) is 0 Å². The van der Waals surface area contributed by atoms with Crippen LogP contribution < -0.4 is 5.32 Å². The topological polar surface area (TPSA) is 49.7 Å². The van der Waals surface area contributed by atoms with Crippen LogP contribution in [0.3, 0.4) is 0 Å². The van der Waals surface area contributed by atoms with Crippen LogP contribution >= 0.6 is 0 Å². The lowest BCUT2D eigenvalue weighted by Crippen LogP contribution is -2.82. The first-order valence-electron chi connectivity index (χ1n) is 4.25. The third kappa shape index (κ3) is 3.46. The van der Waals surface area contributed by atoms with Gasteiger partial charge in [-0.05, 0) is 12.1 Å². The van der Waals surface area contributed by atoms with Gasteiger partial charge in [0.1, 0.15) is 6.54 Å². The molecule has 1 aromatic heterocycles. The van der Waals surface area contributed by atoms with Gasteiger partial charge in [-0.3, -0.25) is 4.98 Å². The normalized spacial score (nSPS) is 10.1. The largest absolute Gasteiger partial charge is 0.396 e. The van der Waals surface area contributed by atoms with Crippen molar-refractivity contribution in [2.24, 2.45) is 0 Å². The minimum absolute atomic E-state index is 0.285. The zero-order valence-corrected chi connectivity index (χ0v) is 7.11. The monoisotopic (exact) mass is 167 g/mol. The van der Waals surface area contributed by atoms with Crippen molar-refractivity contribution in [1.29, 1.82) is 0 Å². The van der Waals surface area contributed by atoms with Gasteiger partial charge in [0.2, 0.25) is 0 Å². The van der Waals surface area contributed by atoms with Crippen LogP contribution in [0.4, 0.5) is 0 Å². The lowest BCUT2D eigenvalue weighted by atomic mass is 10.3. The van der Waals surface area contributed by atoms with E-state index >= 15 is 0 Å². The third-order valence-corrected chi connectivity index (χ3v) is 1.70. The summed E-state index contributed by atoms with van der Waals surface area (Å²) in [5, 5.41) is 10.7. The highest BCUT2D eigenvalue weighted by Crippen LogP contribution is 1.91. The molecule has 0 saturated heterocycles. The Morgan fingerprint density at radius 2 is 2.08 bits per heavy atom. The number of nitrogens with two attached hydrogens (primary N) is 1. The molecule has 66 valence electrons. The lowest BCUT2D eigenvalue weighted by molar-refractivity contribution is -0.671. The van der Waals surface area contributed by atoms with Gasteiger partial charge in [0.05, 0.1) is 6.54 Å². The van der Waals surface area contributed by atoms with E-state index in [-0.39, 0.29) is 6.61 Å². The summed E-state index contributed by atoms with van der Waals surface area (Å²) in [6.45, 7) is 2.24. The average molecular weight is 167 g/mol. The van der Waals surface area contributed by atoms with E-state index in [4.69, 9.17) is 5.11 Å². The molecule has 0 aliphatic rings. The summed E-state index contributed by atoms with van der Waals surface area (Å²) < 4.78 is 0. The molecule has 0 saturated carbocycles. The number of aromatic nitrogens is 1. The smallest absolute Gasteiger partial charge is 0.101 e. The van der Waals surface area contributed by atoms with Gasteiger partial charge < -0.3 is 10.4 Å². The molecule has 1 rings (SSSR count). The molecular formula is C9H15N2O+. The van der Waals surface area contributed by atoms with Gasteiger partial charge in [-0.15, -0.1) is 0 Å². The number of pyridine rings is 1. The lowest BCUT2D eigenvalue weighted by Gasteiger charge is -1.99. The van der Waals surface area contributed by atoms with E-state index in [1.165, 1.54) is 5.56 Å². The van der Waals surface area contributed by atoms with Crippen LogP contribution in [0.5, 0.6) is 0 Å². The first-order valence-corrected chi connectivity index (χ1v) is 4.25. The molecule has 0 fully saturated rings. The maximum atomic E-state index is 8.53. The average Bonchev–Trinajstić information content (AvgIpc) is 2.14. The van der Waals surface area contributed by atoms with E-state index in [2.05, 4.69) is 10.3 Å². The molecule has 3 N–H and O–H groups in total. The first kappa shape index (κ1) is 9.16. The molecule has 1 heterocycles. The van der Waals surface area contributed by atoms with Gasteiger partial charge in [0.25, 0.3) is 0 Å². The van der Waals surface area contributed by atoms with E-state index in [1.807, 2.05) is 12.1 Å². The van der Waals surface area contributed by atoms with Gasteiger partial charge in [0.15, 0.2) is 0 Å². The number of nitrogens with zero attached hydrogens (tertiary/aromatic N) is 1. The van der Waals surface area contributed by atoms with Crippen molar-refractivity contribution in [1.82, 2.24) is 4.98 Å². The standard InChI is InChI=1S/C9H14N2O/c12-7-1-4-11-8-9-2-5-10-6-3-9/h2-3,5-6,11-12H,1,4,7-8H2/p+1. The van der Waals surface area contributed by atoms with Crippen molar-refractivity contribution in [3.05, 3.63) is 30.1 Å². The van der Waals surface area contributed by atoms with Gasteiger partial charge >= 0.3 is 0 Å². The van der Waals surface area contributed by atoms with Gasteiger partial charge in [-0.2, -0.15) is 0 Å². The molecule has 3 nitrogen and oxygen atoms in total. The summed E-state index contributed by atoms with van der Waals surface area (Å²) in [5.41, 5.74) is 1.28. The predicted octanol–water partition coefficient (Wildman–Crippen LogP) is -0.473. The number of aliphatic hydroxyl groups is 1. The Kier molecular flexibility index (Phi) is 4.34. The summed E-state index contributed by atoms with van der Waals surface area (Å²) >= 11 is 0. The Bertz CT molecular complexity index is 201. The number of rotatable bonds is 5. The zero-order chi connectivity index (χ0) is 8.65. The van der Waals surface area contributed by atoms with Gasteiger partial charge in [-0.1, -0.05) is 0 Å². The van der Waals surface area contributed by atoms with Crippen LogP contribution in [0.25, 0.3) is 0 Å². The fraction of sp³-hybridized carbons (Fsp3) is 0.444. The van der Waals surface area contributed by atoms with Crippen molar-refractivity contribution >= 4 is 0 Å². The SMILES string of the molecule is OCCC[NH2+]Cc1ccncc1. The van der Waals surface area contributed by atoms with Crippen molar-refractivity contribution in [2.45, 2.75) is 13.0 Å². The minimum atomic E-state index is 0.285. The number of hydrogen-bond donors (Lipinski definition) is 2. The van der Waals surface area contributed by atoms with E-state index < -0.39 is 0 Å². The maximum Gasteiger partial charge on any atom is 0.101 e. The fourth-order valence-electron chi connectivity index (χ4n) is 1.02. The maximum absolute atomic E-state index is 8.53. The Hall–Kier alpha value is -0.930. The predicted molar refractivity (Wildman–Crippen MR) is 46.4 cm³/mol. The van der Waals surface area contributed by atoms with Gasteiger partial charge in [0, 0.05) is 31.0 Å². The van der Waals surface area contributed by atoms with E-state index in [1.54, 1.807) is 12.4 Å². The second-order valence-corrected chi connectivity index (χ2v) is 2.71. The molecule has 0 atom stereocenters. The van der Waals surface area contributed by atoms with Crippen LogP contribution in [0.15, 0.2) is 24.5 Å². The highest BCUT2D eigenvalue weighted by Gasteiger charge is 1.92. The molecule has 3 heteroatoms. The second kappa shape index (κ2) is 5.69. The molecule has 0 amide bonds.